The maximum atomic E-state index is 13.1. The number of benzene rings is 1. The number of ether oxygens (including phenoxy) is 3. The normalized spacial score (nSPS) is 12.6. The molecule has 0 saturated carbocycles. The minimum Gasteiger partial charge on any atom is -0.382 e. The van der Waals surface area contributed by atoms with Crippen LogP contribution in [-0.2, 0) is 14.2 Å². The summed E-state index contributed by atoms with van der Waals surface area (Å²) in [7, 11) is 1.64. The molecular formula is C15H24FNO3. The van der Waals surface area contributed by atoms with Gasteiger partial charge in [-0.3, -0.25) is 0 Å². The van der Waals surface area contributed by atoms with Gasteiger partial charge in [0, 0.05) is 19.7 Å². The molecule has 1 N–H and O–H groups in total. The van der Waals surface area contributed by atoms with Crippen molar-refractivity contribution in [2.75, 3.05) is 46.7 Å². The predicted octanol–water partition coefficient (Wildman–Crippen LogP) is 2.16. The van der Waals surface area contributed by atoms with Gasteiger partial charge < -0.3 is 19.5 Å². The molecular weight excluding hydrogens is 261 g/mol. The number of nitrogens with one attached hydrogen (secondary N) is 1. The first-order chi connectivity index (χ1) is 9.74. The van der Waals surface area contributed by atoms with Crippen LogP contribution in [0.15, 0.2) is 24.3 Å². The first kappa shape index (κ1) is 17.0. The van der Waals surface area contributed by atoms with Crippen LogP contribution >= 0.6 is 0 Å². The highest BCUT2D eigenvalue weighted by Crippen LogP contribution is 2.12. The Hall–Kier alpha value is -1.01. The summed E-state index contributed by atoms with van der Waals surface area (Å²) in [6.45, 7) is 5.66. The van der Waals surface area contributed by atoms with Crippen LogP contribution in [0.1, 0.15) is 18.5 Å². The van der Waals surface area contributed by atoms with E-state index >= 15 is 0 Å². The van der Waals surface area contributed by atoms with Crippen molar-refractivity contribution in [2.24, 2.45) is 0 Å². The van der Waals surface area contributed by atoms with E-state index in [1.54, 1.807) is 19.2 Å². The molecule has 0 aliphatic heterocycles. The Morgan fingerprint density at radius 3 is 2.50 bits per heavy atom. The zero-order chi connectivity index (χ0) is 14.6. The summed E-state index contributed by atoms with van der Waals surface area (Å²) in [4.78, 5) is 0. The van der Waals surface area contributed by atoms with Gasteiger partial charge in [0.25, 0.3) is 0 Å². The van der Waals surface area contributed by atoms with Gasteiger partial charge in [-0.1, -0.05) is 12.1 Å². The fraction of sp³-hybridized carbons (Fsp3) is 0.600. The van der Waals surface area contributed by atoms with Crippen LogP contribution in [0.2, 0.25) is 0 Å². The zero-order valence-electron chi connectivity index (χ0n) is 12.2. The molecule has 20 heavy (non-hydrogen) atoms. The third kappa shape index (κ3) is 7.55. The molecule has 0 bridgehead atoms. The van der Waals surface area contributed by atoms with Crippen molar-refractivity contribution in [3.05, 3.63) is 35.6 Å². The van der Waals surface area contributed by atoms with E-state index in [1.807, 2.05) is 13.0 Å². The molecule has 0 fully saturated rings. The van der Waals surface area contributed by atoms with Crippen molar-refractivity contribution >= 4 is 0 Å². The van der Waals surface area contributed by atoms with E-state index in [-0.39, 0.29) is 11.9 Å². The highest BCUT2D eigenvalue weighted by Gasteiger charge is 2.04. The molecule has 0 radical (unpaired) electrons. The van der Waals surface area contributed by atoms with E-state index in [0.29, 0.717) is 33.0 Å². The Morgan fingerprint density at radius 2 is 1.80 bits per heavy atom. The minimum atomic E-state index is -0.208. The van der Waals surface area contributed by atoms with Gasteiger partial charge in [-0.15, -0.1) is 0 Å². The molecule has 1 atom stereocenters. The summed E-state index contributed by atoms with van der Waals surface area (Å²) in [6.07, 6.45) is 0. The molecule has 1 rings (SSSR count). The molecule has 0 aliphatic rings. The van der Waals surface area contributed by atoms with Crippen LogP contribution < -0.4 is 5.32 Å². The van der Waals surface area contributed by atoms with E-state index in [2.05, 4.69) is 5.32 Å². The average molecular weight is 285 g/mol. The summed E-state index contributed by atoms with van der Waals surface area (Å²) in [5.74, 6) is -0.208. The average Bonchev–Trinajstić information content (AvgIpc) is 2.45. The van der Waals surface area contributed by atoms with Crippen LogP contribution in [0.4, 0.5) is 4.39 Å². The van der Waals surface area contributed by atoms with Crippen molar-refractivity contribution in [1.82, 2.24) is 5.32 Å². The molecule has 0 saturated heterocycles. The van der Waals surface area contributed by atoms with E-state index in [4.69, 9.17) is 14.2 Å². The zero-order valence-corrected chi connectivity index (χ0v) is 12.2. The summed E-state index contributed by atoms with van der Waals surface area (Å²) >= 11 is 0. The second kappa shape index (κ2) is 10.7. The molecule has 1 aromatic carbocycles. The lowest BCUT2D eigenvalue weighted by molar-refractivity contribution is 0.0253. The summed E-state index contributed by atoms with van der Waals surface area (Å²) in [5.41, 5.74) is 0.938. The Bertz CT molecular complexity index is 363. The maximum absolute atomic E-state index is 13.1. The molecule has 0 spiro atoms. The van der Waals surface area contributed by atoms with Crippen molar-refractivity contribution in [3.8, 4) is 0 Å². The predicted molar refractivity (Wildman–Crippen MR) is 76.3 cm³/mol. The highest BCUT2D eigenvalue weighted by atomic mass is 19.1. The van der Waals surface area contributed by atoms with Crippen LogP contribution in [0, 0.1) is 5.82 Å². The minimum absolute atomic E-state index is 0.104. The monoisotopic (exact) mass is 285 g/mol. The van der Waals surface area contributed by atoms with Crippen molar-refractivity contribution < 1.29 is 18.6 Å². The molecule has 0 amide bonds. The number of methoxy groups -OCH3 is 1. The number of hydrogen-bond acceptors (Lipinski definition) is 4. The van der Waals surface area contributed by atoms with Crippen molar-refractivity contribution in [1.29, 1.82) is 0 Å². The van der Waals surface area contributed by atoms with Crippen molar-refractivity contribution in [3.63, 3.8) is 0 Å². The summed E-state index contributed by atoms with van der Waals surface area (Å²) < 4.78 is 28.6. The van der Waals surface area contributed by atoms with Crippen LogP contribution in [-0.4, -0.2) is 46.7 Å². The molecule has 0 aromatic heterocycles. The lowest BCUT2D eigenvalue weighted by atomic mass is 10.1. The van der Waals surface area contributed by atoms with E-state index < -0.39 is 0 Å². The smallest absolute Gasteiger partial charge is 0.123 e. The standard InChI is InChI=1S/C15H24FNO3/c1-13(14-4-3-5-15(16)12-14)17-6-7-19-10-11-20-9-8-18-2/h3-5,12-13,17H,6-11H2,1-2H3/t13-/m1/s1. The van der Waals surface area contributed by atoms with E-state index in [9.17, 15) is 4.39 Å². The molecule has 0 heterocycles. The van der Waals surface area contributed by atoms with Gasteiger partial charge in [-0.05, 0) is 24.6 Å². The Labute approximate surface area is 120 Å². The first-order valence-electron chi connectivity index (χ1n) is 6.87. The fourth-order valence-electron chi connectivity index (χ4n) is 1.71. The third-order valence-corrected chi connectivity index (χ3v) is 2.85. The fourth-order valence-corrected chi connectivity index (χ4v) is 1.71. The quantitative estimate of drug-likeness (QED) is 0.632. The van der Waals surface area contributed by atoms with E-state index in [1.165, 1.54) is 6.07 Å². The highest BCUT2D eigenvalue weighted by molar-refractivity contribution is 5.19. The first-order valence-corrected chi connectivity index (χ1v) is 6.87. The Balaban J connectivity index is 2.01. The van der Waals surface area contributed by atoms with Crippen LogP contribution in [0.25, 0.3) is 0 Å². The van der Waals surface area contributed by atoms with Gasteiger partial charge >= 0.3 is 0 Å². The molecule has 1 aromatic rings. The summed E-state index contributed by atoms with van der Waals surface area (Å²) in [6, 6.07) is 6.72. The van der Waals surface area contributed by atoms with Crippen LogP contribution in [0.3, 0.4) is 0 Å². The van der Waals surface area contributed by atoms with Gasteiger partial charge in [0.2, 0.25) is 0 Å². The van der Waals surface area contributed by atoms with Gasteiger partial charge in [-0.25, -0.2) is 4.39 Å². The molecule has 0 unspecified atom stereocenters. The van der Waals surface area contributed by atoms with Gasteiger partial charge in [0.15, 0.2) is 0 Å². The van der Waals surface area contributed by atoms with Gasteiger partial charge in [0.1, 0.15) is 5.82 Å². The number of halogens is 1. The second-order valence-corrected chi connectivity index (χ2v) is 4.45. The molecule has 114 valence electrons. The topological polar surface area (TPSA) is 39.7 Å². The van der Waals surface area contributed by atoms with Crippen molar-refractivity contribution in [2.45, 2.75) is 13.0 Å². The molecule has 0 aliphatic carbocycles. The Morgan fingerprint density at radius 1 is 1.10 bits per heavy atom. The third-order valence-electron chi connectivity index (χ3n) is 2.85. The lowest BCUT2D eigenvalue weighted by Gasteiger charge is -2.14. The van der Waals surface area contributed by atoms with Gasteiger partial charge in [0.05, 0.1) is 33.0 Å². The molecule has 5 heteroatoms. The SMILES string of the molecule is COCCOCCOCCN[C@H](C)c1cccc(F)c1. The maximum Gasteiger partial charge on any atom is 0.123 e. The number of rotatable bonds is 11. The lowest BCUT2D eigenvalue weighted by Crippen LogP contribution is -2.24. The number of hydrogen-bond donors (Lipinski definition) is 1. The molecule has 4 nitrogen and oxygen atoms in total. The van der Waals surface area contributed by atoms with Crippen LogP contribution in [0.5, 0.6) is 0 Å². The largest absolute Gasteiger partial charge is 0.382 e. The second-order valence-electron chi connectivity index (χ2n) is 4.45. The summed E-state index contributed by atoms with van der Waals surface area (Å²) in [5, 5.41) is 3.28. The van der Waals surface area contributed by atoms with E-state index in [0.717, 1.165) is 12.1 Å². The van der Waals surface area contributed by atoms with Gasteiger partial charge in [-0.2, -0.15) is 0 Å². The Kier molecular flexibility index (Phi) is 9.15.